The molecule has 3 aromatic rings. The van der Waals surface area contributed by atoms with Crippen LogP contribution < -0.4 is 0 Å². The fraction of sp³-hybridized carbons (Fsp3) is 0.105. The number of pyridine rings is 1. The fourth-order valence-electron chi connectivity index (χ4n) is 2.94. The smallest absolute Gasteiger partial charge is 0.310 e. The van der Waals surface area contributed by atoms with E-state index in [0.717, 1.165) is 11.3 Å². The van der Waals surface area contributed by atoms with Crippen LogP contribution in [0.5, 0.6) is 5.75 Å². The first kappa shape index (κ1) is 15.1. The van der Waals surface area contributed by atoms with Gasteiger partial charge in [-0.3, -0.25) is 9.78 Å². The number of hydrazone groups is 1. The number of hydrogen-bond donors (Lipinski definition) is 1. The Morgan fingerprint density at radius 1 is 1.12 bits per heavy atom. The van der Waals surface area contributed by atoms with Crippen LogP contribution in [0.15, 0.2) is 76.7 Å². The first-order valence-electron chi connectivity index (χ1n) is 7.87. The molecular weight excluding hydrogens is 318 g/mol. The normalized spacial score (nSPS) is 16.7. The predicted octanol–water partition coefficient (Wildman–Crippen LogP) is 3.37. The first-order chi connectivity index (χ1) is 12.2. The third kappa shape index (κ3) is 2.78. The number of para-hydroxylation sites is 1. The van der Waals surface area contributed by atoms with E-state index in [4.69, 9.17) is 4.42 Å². The van der Waals surface area contributed by atoms with E-state index >= 15 is 0 Å². The second kappa shape index (κ2) is 6.24. The van der Waals surface area contributed by atoms with Crippen molar-refractivity contribution in [3.63, 3.8) is 0 Å². The van der Waals surface area contributed by atoms with Gasteiger partial charge in [-0.1, -0.05) is 18.2 Å². The Labute approximate surface area is 144 Å². The van der Waals surface area contributed by atoms with Crippen LogP contribution in [0.3, 0.4) is 0 Å². The molecule has 1 aliphatic rings. The first-order valence-corrected chi connectivity index (χ1v) is 7.87. The largest absolute Gasteiger partial charge is 0.508 e. The summed E-state index contributed by atoms with van der Waals surface area (Å²) in [6.07, 6.45) is 5.31. The Balaban J connectivity index is 1.75. The maximum atomic E-state index is 12.8. The summed E-state index contributed by atoms with van der Waals surface area (Å²) < 4.78 is 5.23. The SMILES string of the molecule is O=C(c1ccco1)N1N=C(c2ccncc2)C[C@@H]1c1ccccc1O. The van der Waals surface area contributed by atoms with E-state index < -0.39 is 6.04 Å². The van der Waals surface area contributed by atoms with Gasteiger partial charge in [-0.15, -0.1) is 0 Å². The van der Waals surface area contributed by atoms with Gasteiger partial charge in [0.2, 0.25) is 0 Å². The molecule has 0 radical (unpaired) electrons. The lowest BCUT2D eigenvalue weighted by Crippen LogP contribution is -2.26. The summed E-state index contributed by atoms with van der Waals surface area (Å²) in [7, 11) is 0. The van der Waals surface area contributed by atoms with E-state index in [-0.39, 0.29) is 17.4 Å². The summed E-state index contributed by atoms with van der Waals surface area (Å²) in [5, 5.41) is 16.1. The average molecular weight is 333 g/mol. The third-order valence-electron chi connectivity index (χ3n) is 4.16. The summed E-state index contributed by atoms with van der Waals surface area (Å²) in [4.78, 5) is 16.8. The molecule has 0 aliphatic carbocycles. The van der Waals surface area contributed by atoms with Gasteiger partial charge in [0.15, 0.2) is 5.76 Å². The minimum atomic E-state index is -0.401. The molecule has 1 aromatic carbocycles. The van der Waals surface area contributed by atoms with Gasteiger partial charge in [-0.25, -0.2) is 5.01 Å². The van der Waals surface area contributed by atoms with Crippen LogP contribution in [-0.4, -0.2) is 26.7 Å². The quantitative estimate of drug-likeness (QED) is 0.797. The summed E-state index contributed by atoms with van der Waals surface area (Å²) in [5.41, 5.74) is 2.30. The second-order valence-electron chi connectivity index (χ2n) is 5.69. The Kier molecular flexibility index (Phi) is 3.78. The number of carbonyl (C=O) groups is 1. The molecule has 0 spiro atoms. The number of aromatic nitrogens is 1. The Hall–Kier alpha value is -3.41. The van der Waals surface area contributed by atoms with E-state index in [9.17, 15) is 9.90 Å². The van der Waals surface area contributed by atoms with Crippen LogP contribution in [0.25, 0.3) is 0 Å². The van der Waals surface area contributed by atoms with Gasteiger partial charge < -0.3 is 9.52 Å². The van der Waals surface area contributed by atoms with Gasteiger partial charge in [-0.05, 0) is 30.3 Å². The van der Waals surface area contributed by atoms with Crippen molar-refractivity contribution in [1.82, 2.24) is 9.99 Å². The number of hydrogen-bond acceptors (Lipinski definition) is 5. The molecule has 1 aliphatic heterocycles. The number of aromatic hydroxyl groups is 1. The zero-order chi connectivity index (χ0) is 17.2. The predicted molar refractivity (Wildman–Crippen MR) is 91.1 cm³/mol. The van der Waals surface area contributed by atoms with Gasteiger partial charge in [0.05, 0.1) is 18.0 Å². The lowest BCUT2D eigenvalue weighted by molar-refractivity contribution is 0.0677. The van der Waals surface area contributed by atoms with E-state index in [0.29, 0.717) is 12.0 Å². The molecule has 6 heteroatoms. The Morgan fingerprint density at radius 3 is 2.64 bits per heavy atom. The topological polar surface area (TPSA) is 78.9 Å². The van der Waals surface area contributed by atoms with Crippen molar-refractivity contribution >= 4 is 11.6 Å². The van der Waals surface area contributed by atoms with Crippen LogP contribution in [0.1, 0.15) is 34.1 Å². The number of rotatable bonds is 3. The maximum absolute atomic E-state index is 12.8. The number of amides is 1. The van der Waals surface area contributed by atoms with E-state index in [2.05, 4.69) is 10.1 Å². The highest BCUT2D eigenvalue weighted by Gasteiger charge is 2.35. The van der Waals surface area contributed by atoms with Gasteiger partial charge in [0.1, 0.15) is 5.75 Å². The molecule has 1 atom stereocenters. The monoisotopic (exact) mass is 333 g/mol. The van der Waals surface area contributed by atoms with Gasteiger partial charge in [0, 0.05) is 29.9 Å². The number of furan rings is 1. The van der Waals surface area contributed by atoms with Crippen molar-refractivity contribution < 1.29 is 14.3 Å². The molecule has 124 valence electrons. The van der Waals surface area contributed by atoms with E-state index in [1.807, 2.05) is 18.2 Å². The molecule has 3 heterocycles. The molecule has 2 aromatic heterocycles. The lowest BCUT2D eigenvalue weighted by Gasteiger charge is -2.21. The van der Waals surface area contributed by atoms with Gasteiger partial charge >= 0.3 is 5.91 Å². The van der Waals surface area contributed by atoms with Crippen molar-refractivity contribution in [2.75, 3.05) is 0 Å². The van der Waals surface area contributed by atoms with Crippen molar-refractivity contribution in [1.29, 1.82) is 0 Å². The number of phenols is 1. The van der Waals surface area contributed by atoms with Gasteiger partial charge in [0.25, 0.3) is 0 Å². The molecule has 0 saturated heterocycles. The van der Waals surface area contributed by atoms with E-state index in [1.54, 1.807) is 42.7 Å². The molecule has 0 unspecified atom stereocenters. The third-order valence-corrected chi connectivity index (χ3v) is 4.16. The molecule has 0 fully saturated rings. The highest BCUT2D eigenvalue weighted by atomic mass is 16.3. The molecule has 25 heavy (non-hydrogen) atoms. The highest BCUT2D eigenvalue weighted by molar-refractivity contribution is 6.04. The molecule has 6 nitrogen and oxygen atoms in total. The van der Waals surface area contributed by atoms with Crippen LogP contribution in [0.2, 0.25) is 0 Å². The maximum Gasteiger partial charge on any atom is 0.310 e. The lowest BCUT2D eigenvalue weighted by atomic mass is 9.98. The van der Waals surface area contributed by atoms with Crippen LogP contribution >= 0.6 is 0 Å². The average Bonchev–Trinajstić information content (AvgIpc) is 3.32. The zero-order valence-electron chi connectivity index (χ0n) is 13.2. The van der Waals surface area contributed by atoms with Gasteiger partial charge in [-0.2, -0.15) is 5.10 Å². The Bertz CT molecular complexity index is 920. The Morgan fingerprint density at radius 2 is 1.92 bits per heavy atom. The fourth-order valence-corrected chi connectivity index (χ4v) is 2.94. The van der Waals surface area contributed by atoms with E-state index in [1.165, 1.54) is 11.3 Å². The number of carbonyl (C=O) groups excluding carboxylic acids is 1. The summed E-state index contributed by atoms with van der Waals surface area (Å²) in [6, 6.07) is 13.5. The molecule has 1 N–H and O–H groups in total. The molecule has 4 rings (SSSR count). The van der Waals surface area contributed by atoms with Crippen LogP contribution in [0, 0.1) is 0 Å². The van der Waals surface area contributed by atoms with Crippen molar-refractivity contribution in [3.8, 4) is 5.75 Å². The molecule has 1 amide bonds. The van der Waals surface area contributed by atoms with Crippen LogP contribution in [0.4, 0.5) is 0 Å². The standard InChI is InChI=1S/C19H15N3O3/c23-17-5-2-1-4-14(17)16-12-15(13-7-9-20-10-8-13)21-22(16)19(24)18-6-3-11-25-18/h1-11,16,23H,12H2/t16-/m1/s1. The van der Waals surface area contributed by atoms with Crippen molar-refractivity contribution in [2.24, 2.45) is 5.10 Å². The summed E-state index contributed by atoms with van der Waals surface area (Å²) in [5.74, 6) is -0.00150. The van der Waals surface area contributed by atoms with Crippen LogP contribution in [-0.2, 0) is 0 Å². The summed E-state index contributed by atoms with van der Waals surface area (Å²) >= 11 is 0. The molecule has 0 saturated carbocycles. The second-order valence-corrected chi connectivity index (χ2v) is 5.69. The minimum absolute atomic E-state index is 0.135. The zero-order valence-corrected chi connectivity index (χ0v) is 13.2. The number of nitrogens with zero attached hydrogens (tertiary/aromatic N) is 3. The molecule has 0 bridgehead atoms. The number of benzene rings is 1. The summed E-state index contributed by atoms with van der Waals surface area (Å²) in [6.45, 7) is 0. The minimum Gasteiger partial charge on any atom is -0.508 e. The highest BCUT2D eigenvalue weighted by Crippen LogP contribution is 2.37. The van der Waals surface area contributed by atoms with Crippen molar-refractivity contribution in [2.45, 2.75) is 12.5 Å². The van der Waals surface area contributed by atoms with Crippen molar-refractivity contribution in [3.05, 3.63) is 84.1 Å². The molecular formula is C19H15N3O3. The number of phenolic OH excluding ortho intramolecular Hbond substituents is 1.